The maximum absolute atomic E-state index is 12.2. The minimum atomic E-state index is -3.27. The number of sulfone groups is 1. The highest BCUT2D eigenvalue weighted by Crippen LogP contribution is 2.34. The van der Waals surface area contributed by atoms with Crippen LogP contribution in [-0.2, 0) is 21.3 Å². The van der Waals surface area contributed by atoms with Gasteiger partial charge in [-0.1, -0.05) is 24.4 Å². The molecule has 1 aliphatic rings. The van der Waals surface area contributed by atoms with Gasteiger partial charge in [0.25, 0.3) is 0 Å². The smallest absolute Gasteiger partial charge is 0.161 e. The predicted molar refractivity (Wildman–Crippen MR) is 85.5 cm³/mol. The van der Waals surface area contributed by atoms with E-state index in [1.165, 1.54) is 32.1 Å². The molecule has 1 saturated carbocycles. The lowest BCUT2D eigenvalue weighted by molar-refractivity contribution is 0.392. The molecule has 0 unspecified atom stereocenters. The van der Waals surface area contributed by atoms with Crippen molar-refractivity contribution >= 4 is 21.2 Å². The summed E-state index contributed by atoms with van der Waals surface area (Å²) in [6.45, 7) is 1.75. The Morgan fingerprint density at radius 2 is 1.95 bits per heavy atom. The number of aromatic nitrogens is 2. The molecule has 3 rings (SSSR count). The first-order valence-electron chi connectivity index (χ1n) is 7.59. The van der Waals surface area contributed by atoms with Crippen molar-refractivity contribution in [1.29, 1.82) is 0 Å². The first-order valence-corrected chi connectivity index (χ1v) is 10.3. The Balaban J connectivity index is 1.66. The third-order valence-electron chi connectivity index (χ3n) is 3.94. The van der Waals surface area contributed by atoms with Gasteiger partial charge in [0.2, 0.25) is 0 Å². The van der Waals surface area contributed by atoms with Crippen LogP contribution >= 0.6 is 11.3 Å². The molecule has 0 aromatic carbocycles. The summed E-state index contributed by atoms with van der Waals surface area (Å²) in [6.07, 6.45) is 6.17. The Hall–Kier alpha value is -1.21. The lowest BCUT2D eigenvalue weighted by Gasteiger charge is -2.18. The Morgan fingerprint density at radius 3 is 2.64 bits per heavy atom. The van der Waals surface area contributed by atoms with Gasteiger partial charge in [0, 0.05) is 17.4 Å². The monoisotopic (exact) mass is 340 g/mol. The van der Waals surface area contributed by atoms with Crippen molar-refractivity contribution in [3.05, 3.63) is 33.6 Å². The standard InChI is InChI=1S/C15H20N2O3S2/c1-11-7-13(17-20-11)9-22(18,19)10-14-8-21-15(16-14)12-5-3-2-4-6-12/h7-8,12H,2-6,9-10H2,1H3. The summed E-state index contributed by atoms with van der Waals surface area (Å²) in [5.74, 6) is 1.02. The molecule has 5 nitrogen and oxygen atoms in total. The molecule has 22 heavy (non-hydrogen) atoms. The van der Waals surface area contributed by atoms with Crippen LogP contribution in [0.5, 0.6) is 0 Å². The Bertz CT molecular complexity index is 728. The second-order valence-corrected chi connectivity index (χ2v) is 8.93. The van der Waals surface area contributed by atoms with Gasteiger partial charge >= 0.3 is 0 Å². The predicted octanol–water partition coefficient (Wildman–Crippen LogP) is 3.60. The number of rotatable bonds is 5. The summed E-state index contributed by atoms with van der Waals surface area (Å²) in [4.78, 5) is 4.56. The Kier molecular flexibility index (Phi) is 4.63. The minimum absolute atomic E-state index is 0.0257. The van der Waals surface area contributed by atoms with E-state index in [0.29, 0.717) is 23.1 Å². The first kappa shape index (κ1) is 15.7. The van der Waals surface area contributed by atoms with Gasteiger partial charge in [0.15, 0.2) is 9.84 Å². The first-order chi connectivity index (χ1) is 10.5. The van der Waals surface area contributed by atoms with Crippen molar-refractivity contribution in [1.82, 2.24) is 10.1 Å². The van der Waals surface area contributed by atoms with Gasteiger partial charge in [0.1, 0.15) is 5.76 Å². The molecule has 0 radical (unpaired) electrons. The maximum Gasteiger partial charge on any atom is 0.161 e. The largest absolute Gasteiger partial charge is 0.361 e. The molecule has 0 aliphatic heterocycles. The molecular weight excluding hydrogens is 320 g/mol. The van der Waals surface area contributed by atoms with Crippen molar-refractivity contribution < 1.29 is 12.9 Å². The zero-order valence-corrected chi connectivity index (χ0v) is 14.3. The van der Waals surface area contributed by atoms with Gasteiger partial charge in [-0.15, -0.1) is 11.3 Å². The molecule has 2 aromatic rings. The summed E-state index contributed by atoms with van der Waals surface area (Å²) < 4.78 is 29.4. The second-order valence-electron chi connectivity index (χ2n) is 5.97. The van der Waals surface area contributed by atoms with Crippen molar-refractivity contribution in [3.63, 3.8) is 0 Å². The lowest BCUT2D eigenvalue weighted by atomic mass is 9.90. The van der Waals surface area contributed by atoms with E-state index in [4.69, 9.17) is 4.52 Å². The van der Waals surface area contributed by atoms with E-state index in [9.17, 15) is 8.42 Å². The summed E-state index contributed by atoms with van der Waals surface area (Å²) in [5, 5.41) is 6.73. The summed E-state index contributed by atoms with van der Waals surface area (Å²) in [6, 6.07) is 1.66. The fraction of sp³-hybridized carbons (Fsp3) is 0.600. The molecule has 0 bridgehead atoms. The van der Waals surface area contributed by atoms with E-state index >= 15 is 0 Å². The summed E-state index contributed by atoms with van der Waals surface area (Å²) >= 11 is 1.60. The molecular formula is C15H20N2O3S2. The average Bonchev–Trinajstić information content (AvgIpc) is 3.08. The van der Waals surface area contributed by atoms with Crippen molar-refractivity contribution in [3.8, 4) is 0 Å². The van der Waals surface area contributed by atoms with Crippen LogP contribution in [0.4, 0.5) is 0 Å². The van der Waals surface area contributed by atoms with Gasteiger partial charge in [-0.25, -0.2) is 13.4 Å². The highest BCUT2D eigenvalue weighted by molar-refractivity contribution is 7.89. The molecule has 0 spiro atoms. The van der Waals surface area contributed by atoms with E-state index in [1.54, 1.807) is 24.3 Å². The van der Waals surface area contributed by atoms with Gasteiger partial charge in [0.05, 0.1) is 27.9 Å². The number of nitrogens with zero attached hydrogens (tertiary/aromatic N) is 2. The number of hydrogen-bond donors (Lipinski definition) is 0. The highest BCUT2D eigenvalue weighted by Gasteiger charge is 2.21. The second kappa shape index (κ2) is 6.50. The molecule has 7 heteroatoms. The third kappa shape index (κ3) is 3.95. The van der Waals surface area contributed by atoms with Crippen molar-refractivity contribution in [2.45, 2.75) is 56.5 Å². The number of thiazole rings is 1. The van der Waals surface area contributed by atoms with E-state index < -0.39 is 9.84 Å². The zero-order chi connectivity index (χ0) is 15.6. The van der Waals surface area contributed by atoms with Crippen LogP contribution in [-0.4, -0.2) is 18.6 Å². The fourth-order valence-electron chi connectivity index (χ4n) is 2.91. The molecule has 0 amide bonds. The quantitative estimate of drug-likeness (QED) is 0.831. The van der Waals surface area contributed by atoms with E-state index in [0.717, 1.165) is 5.01 Å². The number of aryl methyl sites for hydroxylation is 1. The van der Waals surface area contributed by atoms with E-state index in [1.807, 2.05) is 5.38 Å². The normalized spacial score (nSPS) is 17.0. The van der Waals surface area contributed by atoms with Crippen LogP contribution in [0, 0.1) is 6.92 Å². The van der Waals surface area contributed by atoms with Gasteiger partial charge < -0.3 is 4.52 Å². The molecule has 2 heterocycles. The highest BCUT2D eigenvalue weighted by atomic mass is 32.2. The molecule has 1 fully saturated rings. The van der Waals surface area contributed by atoms with Gasteiger partial charge in [-0.3, -0.25) is 0 Å². The van der Waals surface area contributed by atoms with E-state index in [-0.39, 0.29) is 11.5 Å². The Labute approximate surface area is 134 Å². The fourth-order valence-corrected chi connectivity index (χ4v) is 5.30. The lowest BCUT2D eigenvalue weighted by Crippen LogP contribution is -2.09. The van der Waals surface area contributed by atoms with Crippen LogP contribution < -0.4 is 0 Å². The maximum atomic E-state index is 12.2. The molecule has 2 aromatic heterocycles. The van der Waals surface area contributed by atoms with Crippen LogP contribution in [0.15, 0.2) is 16.0 Å². The SMILES string of the molecule is Cc1cc(CS(=O)(=O)Cc2csc(C3CCCCC3)n2)no1. The van der Waals surface area contributed by atoms with Crippen molar-refractivity contribution in [2.24, 2.45) is 0 Å². The molecule has 0 saturated heterocycles. The number of hydrogen-bond acceptors (Lipinski definition) is 6. The summed E-state index contributed by atoms with van der Waals surface area (Å²) in [5.41, 5.74) is 1.12. The van der Waals surface area contributed by atoms with Crippen LogP contribution in [0.2, 0.25) is 0 Å². The van der Waals surface area contributed by atoms with E-state index in [2.05, 4.69) is 10.1 Å². The van der Waals surface area contributed by atoms with Crippen LogP contribution in [0.25, 0.3) is 0 Å². The average molecular weight is 340 g/mol. The van der Waals surface area contributed by atoms with Crippen LogP contribution in [0.3, 0.4) is 0 Å². The van der Waals surface area contributed by atoms with Crippen LogP contribution in [0.1, 0.15) is 60.2 Å². The molecule has 0 N–H and O–H groups in total. The van der Waals surface area contributed by atoms with Gasteiger partial charge in [-0.05, 0) is 19.8 Å². The third-order valence-corrected chi connectivity index (χ3v) is 6.46. The summed E-state index contributed by atoms with van der Waals surface area (Å²) in [7, 11) is -3.27. The molecule has 0 atom stereocenters. The van der Waals surface area contributed by atoms with Crippen molar-refractivity contribution in [2.75, 3.05) is 0 Å². The minimum Gasteiger partial charge on any atom is -0.361 e. The Morgan fingerprint density at radius 1 is 1.23 bits per heavy atom. The molecule has 120 valence electrons. The molecule has 1 aliphatic carbocycles. The topological polar surface area (TPSA) is 73.1 Å². The van der Waals surface area contributed by atoms with Gasteiger partial charge in [-0.2, -0.15) is 0 Å². The zero-order valence-electron chi connectivity index (χ0n) is 12.6.